The van der Waals surface area contributed by atoms with E-state index in [9.17, 15) is 14.7 Å². The number of likely N-dealkylation sites (N-methyl/N-ethyl adjacent to an activating group) is 1. The van der Waals surface area contributed by atoms with Crippen molar-refractivity contribution in [2.24, 2.45) is 0 Å². The average Bonchev–Trinajstić information content (AvgIpc) is 3.67. The van der Waals surface area contributed by atoms with Crippen molar-refractivity contribution < 1.29 is 19.4 Å². The van der Waals surface area contributed by atoms with E-state index in [-0.39, 0.29) is 0 Å². The van der Waals surface area contributed by atoms with Crippen molar-refractivity contribution in [2.45, 2.75) is 33.1 Å². The number of aliphatic hydroxyl groups is 1. The maximum absolute atomic E-state index is 13.4. The van der Waals surface area contributed by atoms with Crippen LogP contribution in [0.15, 0.2) is 85.2 Å². The minimum absolute atomic E-state index is 0.312. The summed E-state index contributed by atoms with van der Waals surface area (Å²) in [6.45, 7) is 7.10. The molecule has 0 fully saturated rings. The van der Waals surface area contributed by atoms with Gasteiger partial charge in [-0.2, -0.15) is 0 Å². The minimum Gasteiger partial charge on any atom is -0.489 e. The molecule has 3 heterocycles. The Morgan fingerprint density at radius 1 is 0.881 bits per heavy atom. The number of fused-ring (bicyclic) bond motifs is 2. The van der Waals surface area contributed by atoms with E-state index in [0.29, 0.717) is 47.7 Å². The van der Waals surface area contributed by atoms with Crippen LogP contribution in [0.5, 0.6) is 5.75 Å². The number of amides is 2. The molecule has 1 aliphatic heterocycles. The van der Waals surface area contributed by atoms with Crippen molar-refractivity contribution in [1.82, 2.24) is 19.8 Å². The summed E-state index contributed by atoms with van der Waals surface area (Å²) >= 11 is 0. The summed E-state index contributed by atoms with van der Waals surface area (Å²) in [4.78, 5) is 32.1. The molecule has 2 aromatic heterocycles. The lowest BCUT2D eigenvalue weighted by Crippen LogP contribution is -2.34. The van der Waals surface area contributed by atoms with Gasteiger partial charge in [0.2, 0.25) is 0 Å². The fraction of sp³-hybridized carbons (Fsp3) is 0.235. The molecule has 1 atom stereocenters. The predicted molar refractivity (Wildman–Crippen MR) is 165 cm³/mol. The summed E-state index contributed by atoms with van der Waals surface area (Å²) in [5.74, 6) is -0.231. The smallest absolute Gasteiger partial charge is 0.259 e. The summed E-state index contributed by atoms with van der Waals surface area (Å²) in [6, 6.07) is 23.4. The lowest BCUT2D eigenvalue weighted by molar-refractivity contribution is -0.122. The van der Waals surface area contributed by atoms with E-state index in [1.165, 1.54) is 0 Å². The second-order valence-corrected chi connectivity index (χ2v) is 10.6. The van der Waals surface area contributed by atoms with Crippen LogP contribution in [0, 0.1) is 0 Å². The van der Waals surface area contributed by atoms with Gasteiger partial charge < -0.3 is 24.3 Å². The van der Waals surface area contributed by atoms with Crippen LogP contribution >= 0.6 is 0 Å². The first-order valence-corrected chi connectivity index (χ1v) is 14.3. The highest BCUT2D eigenvalue weighted by Crippen LogP contribution is 2.39. The number of hydrogen-bond donors (Lipinski definition) is 3. The van der Waals surface area contributed by atoms with Gasteiger partial charge in [-0.25, -0.2) is 0 Å². The van der Waals surface area contributed by atoms with Gasteiger partial charge in [-0.05, 0) is 42.9 Å². The molecule has 8 nitrogen and oxygen atoms in total. The van der Waals surface area contributed by atoms with E-state index in [1.807, 2.05) is 83.6 Å². The van der Waals surface area contributed by atoms with Gasteiger partial charge in [-0.15, -0.1) is 0 Å². The second kappa shape index (κ2) is 11.7. The van der Waals surface area contributed by atoms with Gasteiger partial charge in [0.1, 0.15) is 12.4 Å². The van der Waals surface area contributed by atoms with E-state index in [0.717, 1.165) is 40.5 Å². The molecule has 0 saturated heterocycles. The summed E-state index contributed by atoms with van der Waals surface area (Å²) in [6.07, 6.45) is 3.03. The van der Waals surface area contributed by atoms with E-state index in [4.69, 9.17) is 4.74 Å². The highest BCUT2D eigenvalue weighted by molar-refractivity contribution is 6.50. The highest BCUT2D eigenvalue weighted by Gasteiger charge is 2.35. The van der Waals surface area contributed by atoms with E-state index < -0.39 is 17.9 Å². The van der Waals surface area contributed by atoms with E-state index in [2.05, 4.69) is 29.0 Å². The molecule has 42 heavy (non-hydrogen) atoms. The van der Waals surface area contributed by atoms with Crippen molar-refractivity contribution in [3.05, 3.63) is 102 Å². The van der Waals surface area contributed by atoms with Gasteiger partial charge in [0.25, 0.3) is 11.8 Å². The third-order valence-corrected chi connectivity index (χ3v) is 7.93. The number of carbonyl (C=O) groups excluding carboxylic acids is 2. The molecule has 0 bridgehead atoms. The largest absolute Gasteiger partial charge is 0.489 e. The molecule has 1 unspecified atom stereocenters. The number of ether oxygens (including phenoxy) is 1. The molecule has 0 spiro atoms. The summed E-state index contributed by atoms with van der Waals surface area (Å²) in [5.41, 5.74) is 4.69. The van der Waals surface area contributed by atoms with Crippen LogP contribution in [0.3, 0.4) is 0 Å². The van der Waals surface area contributed by atoms with Gasteiger partial charge in [0, 0.05) is 58.4 Å². The van der Waals surface area contributed by atoms with Crippen LogP contribution < -0.4 is 10.1 Å². The molecule has 1 aliphatic rings. The molecule has 5 aromatic rings. The number of aromatic amines is 1. The van der Waals surface area contributed by atoms with Crippen LogP contribution in [0.4, 0.5) is 0 Å². The summed E-state index contributed by atoms with van der Waals surface area (Å²) in [5, 5.41) is 15.2. The highest BCUT2D eigenvalue weighted by atomic mass is 16.5. The van der Waals surface area contributed by atoms with Crippen molar-refractivity contribution in [3.63, 3.8) is 0 Å². The Morgan fingerprint density at radius 2 is 1.60 bits per heavy atom. The number of carbonyl (C=O) groups is 2. The molecule has 6 rings (SSSR count). The zero-order valence-electron chi connectivity index (χ0n) is 23.8. The number of para-hydroxylation sites is 1. The first-order valence-electron chi connectivity index (χ1n) is 14.3. The number of nitrogens with zero attached hydrogens (tertiary/aromatic N) is 2. The Labute approximate surface area is 244 Å². The van der Waals surface area contributed by atoms with Crippen molar-refractivity contribution in [3.8, 4) is 5.75 Å². The SMILES string of the molecule is CCN(CC)CC(O)Cn1cc(C2=C(c3c[nH]c4ccccc34)C(=O)NC2=O)c2cc(OCc3ccccc3)ccc21. The maximum Gasteiger partial charge on any atom is 0.259 e. The fourth-order valence-corrected chi connectivity index (χ4v) is 5.77. The molecule has 2 amide bonds. The minimum atomic E-state index is -0.622. The lowest BCUT2D eigenvalue weighted by Gasteiger charge is -2.22. The Morgan fingerprint density at radius 3 is 2.36 bits per heavy atom. The maximum atomic E-state index is 13.4. The van der Waals surface area contributed by atoms with Crippen molar-refractivity contribution in [1.29, 1.82) is 0 Å². The molecule has 0 saturated carbocycles. The summed E-state index contributed by atoms with van der Waals surface area (Å²) < 4.78 is 8.11. The number of nitrogens with one attached hydrogen (secondary N) is 2. The lowest BCUT2D eigenvalue weighted by atomic mass is 9.95. The second-order valence-electron chi connectivity index (χ2n) is 10.6. The first kappa shape index (κ1) is 27.5. The predicted octanol–water partition coefficient (Wildman–Crippen LogP) is 4.97. The zero-order chi connectivity index (χ0) is 29.2. The van der Waals surface area contributed by atoms with Gasteiger partial charge in [-0.3, -0.25) is 14.9 Å². The van der Waals surface area contributed by atoms with Gasteiger partial charge >= 0.3 is 0 Å². The van der Waals surface area contributed by atoms with Crippen LogP contribution in [0.2, 0.25) is 0 Å². The quantitative estimate of drug-likeness (QED) is 0.198. The monoisotopic (exact) mass is 562 g/mol. The van der Waals surface area contributed by atoms with Crippen molar-refractivity contribution in [2.75, 3.05) is 19.6 Å². The van der Waals surface area contributed by atoms with Gasteiger partial charge in [0.15, 0.2) is 0 Å². The average molecular weight is 563 g/mol. The van der Waals surface area contributed by atoms with Crippen molar-refractivity contribution >= 4 is 44.8 Å². The number of imide groups is 1. The molecule has 8 heteroatoms. The van der Waals surface area contributed by atoms with E-state index in [1.54, 1.807) is 6.20 Å². The third kappa shape index (κ3) is 5.22. The van der Waals surface area contributed by atoms with Gasteiger partial charge in [0.05, 0.1) is 17.3 Å². The Bertz CT molecular complexity index is 1800. The normalized spacial score (nSPS) is 14.4. The Balaban J connectivity index is 1.47. The molecule has 3 aromatic carbocycles. The molecule has 214 valence electrons. The van der Waals surface area contributed by atoms with Gasteiger partial charge in [-0.1, -0.05) is 62.4 Å². The standard InChI is InChI=1S/C34H34N4O4/c1-3-37(4-2)18-23(39)19-38-20-28(26-16-24(14-15-30(26)38)42-21-22-10-6-5-7-11-22)32-31(33(40)36-34(32)41)27-17-35-29-13-9-8-12-25(27)29/h5-17,20,23,35,39H,3-4,18-19,21H2,1-2H3,(H,36,40,41). The molecule has 0 aliphatic carbocycles. The third-order valence-electron chi connectivity index (χ3n) is 7.93. The van der Waals surface area contributed by atoms with E-state index >= 15 is 0 Å². The zero-order valence-corrected chi connectivity index (χ0v) is 23.8. The number of rotatable bonds is 11. The summed E-state index contributed by atoms with van der Waals surface area (Å²) in [7, 11) is 0. The number of benzene rings is 3. The van der Waals surface area contributed by atoms with Crippen LogP contribution in [0.25, 0.3) is 33.0 Å². The molecule has 3 N–H and O–H groups in total. The Kier molecular flexibility index (Phi) is 7.65. The first-order chi connectivity index (χ1) is 20.5. The molecular weight excluding hydrogens is 528 g/mol. The topological polar surface area (TPSA) is 99.6 Å². The van der Waals surface area contributed by atoms with Crippen LogP contribution in [-0.2, 0) is 22.7 Å². The molecular formula is C34H34N4O4. The number of H-pyrrole nitrogens is 1. The molecule has 0 radical (unpaired) electrons. The van der Waals surface area contributed by atoms with Crippen LogP contribution in [0.1, 0.15) is 30.5 Å². The number of aromatic nitrogens is 2. The Hall–Kier alpha value is -4.66. The number of aliphatic hydroxyl groups excluding tert-OH is 1. The number of hydrogen-bond acceptors (Lipinski definition) is 5. The van der Waals surface area contributed by atoms with Crippen LogP contribution in [-0.4, -0.2) is 57.1 Å². The fourth-order valence-electron chi connectivity index (χ4n) is 5.77.